The van der Waals surface area contributed by atoms with Crippen LogP contribution in [0.5, 0.6) is 5.75 Å². The van der Waals surface area contributed by atoms with E-state index in [2.05, 4.69) is 37.8 Å². The van der Waals surface area contributed by atoms with Crippen LogP contribution in [0.1, 0.15) is 50.3 Å². The van der Waals surface area contributed by atoms with Crippen molar-refractivity contribution >= 4 is 23.2 Å². The molecular weight excluding hydrogens is 458 g/mol. The summed E-state index contributed by atoms with van der Waals surface area (Å²) in [6.45, 7) is 11.1. The normalized spacial score (nSPS) is 10.7. The number of hydrogen-bond donors (Lipinski definition) is 1. The van der Waals surface area contributed by atoms with Gasteiger partial charge in [-0.05, 0) is 44.4 Å². The van der Waals surface area contributed by atoms with Crippen LogP contribution < -0.4 is 10.5 Å². The van der Waals surface area contributed by atoms with Crippen LogP contribution in [0.2, 0.25) is 0 Å². The molecule has 1 unspecified atom stereocenters. The lowest BCUT2D eigenvalue weighted by molar-refractivity contribution is -0.149. The van der Waals surface area contributed by atoms with E-state index in [0.717, 1.165) is 6.42 Å². The summed E-state index contributed by atoms with van der Waals surface area (Å²) < 4.78 is 15.8. The van der Waals surface area contributed by atoms with E-state index in [-0.39, 0.29) is 17.7 Å². The van der Waals surface area contributed by atoms with E-state index < -0.39 is 23.8 Å². The Morgan fingerprint density at radius 1 is 0.972 bits per heavy atom. The Morgan fingerprint density at radius 2 is 1.61 bits per heavy atom. The van der Waals surface area contributed by atoms with Gasteiger partial charge in [-0.1, -0.05) is 61.5 Å². The van der Waals surface area contributed by atoms with Crippen LogP contribution in [0, 0.1) is 6.92 Å². The molecule has 0 aromatic heterocycles. The molecule has 0 bridgehead atoms. The third-order valence-electron chi connectivity index (χ3n) is 5.39. The van der Waals surface area contributed by atoms with Crippen molar-refractivity contribution in [2.75, 3.05) is 14.2 Å². The van der Waals surface area contributed by atoms with E-state index in [0.29, 0.717) is 28.9 Å². The average molecular weight is 496 g/mol. The van der Waals surface area contributed by atoms with Gasteiger partial charge in [-0.2, -0.15) is 0 Å². The minimum absolute atomic E-state index is 0.158. The van der Waals surface area contributed by atoms with E-state index >= 15 is 0 Å². The number of esters is 1. The molecule has 0 aliphatic rings. The lowest BCUT2D eigenvalue weighted by Gasteiger charge is -2.21. The second-order valence-corrected chi connectivity index (χ2v) is 8.27. The minimum atomic E-state index is -1.06. The van der Waals surface area contributed by atoms with Gasteiger partial charge in [-0.3, -0.25) is 9.59 Å². The first kappa shape index (κ1) is 30.2. The summed E-state index contributed by atoms with van der Waals surface area (Å²) in [4.78, 5) is 36.1. The number of aryl methyl sites for hydroxylation is 2. The Hall–Kier alpha value is -3.87. The zero-order valence-corrected chi connectivity index (χ0v) is 22.1. The second-order valence-electron chi connectivity index (χ2n) is 8.27. The Balaban J connectivity index is 0.000000681. The Bertz CT molecular complexity index is 1080. The summed E-state index contributed by atoms with van der Waals surface area (Å²) in [6.07, 6.45) is 0.841. The first-order valence-corrected chi connectivity index (χ1v) is 11.7. The fraction of sp³-hybridized carbons (Fsp3) is 0.345. The lowest BCUT2D eigenvalue weighted by atomic mass is 9.92. The van der Waals surface area contributed by atoms with Crippen LogP contribution >= 0.6 is 0 Å². The molecule has 0 aliphatic heterocycles. The highest BCUT2D eigenvalue weighted by molar-refractivity contribution is 6.53. The molecule has 0 spiro atoms. The molecule has 2 rings (SSSR count). The van der Waals surface area contributed by atoms with Gasteiger partial charge in [-0.25, -0.2) is 4.79 Å². The number of methoxy groups -OCH3 is 2. The molecule has 2 aromatic carbocycles. The van der Waals surface area contributed by atoms with Gasteiger partial charge in [0.15, 0.2) is 6.10 Å². The predicted molar refractivity (Wildman–Crippen MR) is 141 cm³/mol. The van der Waals surface area contributed by atoms with Crippen molar-refractivity contribution in [3.63, 3.8) is 0 Å². The van der Waals surface area contributed by atoms with Crippen LogP contribution in [-0.4, -0.2) is 38.0 Å². The molecule has 0 aliphatic carbocycles. The zero-order chi connectivity index (χ0) is 27.3. The highest BCUT2D eigenvalue weighted by Crippen LogP contribution is 2.33. The van der Waals surface area contributed by atoms with Crippen molar-refractivity contribution in [3.05, 3.63) is 83.1 Å². The number of Topliss-reactive ketones (excluding diaryl/α,β-unsaturated/α-hetero) is 1. The summed E-state index contributed by atoms with van der Waals surface area (Å²) in [6, 6.07) is 15.6. The summed E-state index contributed by atoms with van der Waals surface area (Å²) in [7, 11) is 2.75. The summed E-state index contributed by atoms with van der Waals surface area (Å²) in [5.41, 5.74) is 8.51. The minimum Gasteiger partial charge on any atom is -0.502 e. The lowest BCUT2D eigenvalue weighted by Crippen LogP contribution is -2.30. The fourth-order valence-electron chi connectivity index (χ4n) is 3.39. The molecule has 0 radical (unpaired) electrons. The van der Waals surface area contributed by atoms with E-state index in [1.165, 1.54) is 19.8 Å². The molecule has 36 heavy (non-hydrogen) atoms. The van der Waals surface area contributed by atoms with Crippen LogP contribution in [-0.2, 0) is 30.3 Å². The Morgan fingerprint density at radius 3 is 2.08 bits per heavy atom. The van der Waals surface area contributed by atoms with Crippen molar-refractivity contribution in [1.82, 2.24) is 0 Å². The first-order chi connectivity index (χ1) is 17.1. The molecule has 0 fully saturated rings. The Kier molecular flexibility index (Phi) is 12.7. The number of allylic oxidation sites excluding steroid dienone is 2. The largest absolute Gasteiger partial charge is 0.502 e. The quantitative estimate of drug-likeness (QED) is 0.205. The van der Waals surface area contributed by atoms with Crippen LogP contribution in [0.4, 0.5) is 0 Å². The van der Waals surface area contributed by atoms with Gasteiger partial charge in [-0.15, -0.1) is 0 Å². The zero-order valence-electron chi connectivity index (χ0n) is 22.1. The average Bonchev–Trinajstić information content (AvgIpc) is 2.87. The number of hydrogen-bond acceptors (Lipinski definition) is 6. The highest BCUT2D eigenvalue weighted by Gasteiger charge is 2.27. The number of ether oxygens (including phenoxy) is 3. The van der Waals surface area contributed by atoms with Gasteiger partial charge in [0.1, 0.15) is 5.75 Å². The van der Waals surface area contributed by atoms with Crippen molar-refractivity contribution in [1.29, 1.82) is 0 Å². The number of benzene rings is 2. The maximum atomic E-state index is 12.4. The third kappa shape index (κ3) is 9.06. The smallest absolute Gasteiger partial charge is 0.347 e. The standard InChI is InChI=1S/C21H27NO6.C8H10/c1-12(2)17(19(23)20(22)24)18-13(3)8-7-9-15(18)28-16(21(25)27-6)11-10-14(4)26-5;1-2-8-6-4-3-5-7-8/h7-9,16H,4,10-11H2,1-3,5-6H3,(H2,22,24);3-7H,2H2,1H3. The molecule has 194 valence electrons. The number of carbonyl (C=O) groups excluding carboxylic acids is 3. The van der Waals surface area contributed by atoms with Crippen molar-refractivity contribution in [2.24, 2.45) is 5.73 Å². The second kappa shape index (κ2) is 15.2. The maximum Gasteiger partial charge on any atom is 0.347 e. The molecule has 2 aromatic rings. The van der Waals surface area contributed by atoms with Crippen LogP contribution in [0.25, 0.3) is 5.57 Å². The van der Waals surface area contributed by atoms with Crippen LogP contribution in [0.3, 0.4) is 0 Å². The van der Waals surface area contributed by atoms with E-state index in [4.69, 9.17) is 19.9 Å². The predicted octanol–water partition coefficient (Wildman–Crippen LogP) is 4.95. The number of primary amides is 1. The molecule has 7 heteroatoms. The molecule has 0 saturated carbocycles. The number of nitrogens with two attached hydrogens (primary N) is 1. The summed E-state index contributed by atoms with van der Waals surface area (Å²) in [5.74, 6) is -1.68. The number of carbonyl (C=O) groups is 3. The number of rotatable bonds is 11. The molecule has 7 nitrogen and oxygen atoms in total. The molecule has 1 atom stereocenters. The third-order valence-corrected chi connectivity index (χ3v) is 5.39. The van der Waals surface area contributed by atoms with E-state index in [1.54, 1.807) is 39.0 Å². The van der Waals surface area contributed by atoms with E-state index in [1.807, 2.05) is 6.07 Å². The molecule has 0 saturated heterocycles. The number of ketones is 1. The van der Waals surface area contributed by atoms with Gasteiger partial charge in [0.25, 0.3) is 11.7 Å². The molecular formula is C29H37NO6. The molecule has 2 N–H and O–H groups in total. The van der Waals surface area contributed by atoms with Gasteiger partial charge in [0.2, 0.25) is 0 Å². The topological polar surface area (TPSA) is 105 Å². The molecule has 0 heterocycles. The van der Waals surface area contributed by atoms with Gasteiger partial charge < -0.3 is 19.9 Å². The highest BCUT2D eigenvalue weighted by atomic mass is 16.6. The van der Waals surface area contributed by atoms with Gasteiger partial charge in [0, 0.05) is 24.0 Å². The van der Waals surface area contributed by atoms with Crippen molar-refractivity contribution in [2.45, 2.75) is 53.1 Å². The first-order valence-electron chi connectivity index (χ1n) is 11.7. The van der Waals surface area contributed by atoms with Crippen LogP contribution in [0.15, 0.2) is 66.4 Å². The summed E-state index contributed by atoms with van der Waals surface area (Å²) in [5, 5.41) is 0. The van der Waals surface area contributed by atoms with E-state index in [9.17, 15) is 14.4 Å². The maximum absolute atomic E-state index is 12.4. The van der Waals surface area contributed by atoms with Gasteiger partial charge in [0.05, 0.1) is 20.0 Å². The fourth-order valence-corrected chi connectivity index (χ4v) is 3.39. The summed E-state index contributed by atoms with van der Waals surface area (Å²) >= 11 is 0. The van der Waals surface area contributed by atoms with Crippen molar-refractivity contribution in [3.8, 4) is 5.75 Å². The van der Waals surface area contributed by atoms with Gasteiger partial charge >= 0.3 is 5.97 Å². The monoisotopic (exact) mass is 495 g/mol. The SMILES string of the molecule is C=C(CCC(Oc1cccc(C)c1C(C(=O)C(N)=O)=C(C)C)C(=O)OC)OC.CCc1ccccc1. The Labute approximate surface area is 213 Å². The number of amides is 1. The van der Waals surface area contributed by atoms with Crippen molar-refractivity contribution < 1.29 is 28.6 Å². The molecule has 1 amide bonds.